The molecule has 17 heavy (non-hydrogen) atoms. The molecule has 0 spiro atoms. The summed E-state index contributed by atoms with van der Waals surface area (Å²) in [6.45, 7) is 4.02. The van der Waals surface area contributed by atoms with E-state index >= 15 is 0 Å². The molecule has 0 radical (unpaired) electrons. The molecule has 0 aliphatic heterocycles. The maximum Gasteiger partial charge on any atom is 0.123 e. The second-order valence-electron chi connectivity index (χ2n) is 3.71. The summed E-state index contributed by atoms with van der Waals surface area (Å²) in [5.41, 5.74) is 2.78. The van der Waals surface area contributed by atoms with Gasteiger partial charge in [-0.25, -0.2) is 4.39 Å². The summed E-state index contributed by atoms with van der Waals surface area (Å²) in [7, 11) is 1.63. The number of benzene rings is 2. The molecule has 0 amide bonds. The highest BCUT2D eigenvalue weighted by atomic mass is 19.1. The zero-order valence-electron chi connectivity index (χ0n) is 9.61. The standard InChI is InChI=1S/C15H13FO/c1-11(12-3-7-14(16)8-4-12)13-5-9-15(17-2)10-6-13/h3-10H,1H2,2H3. The highest BCUT2D eigenvalue weighted by Crippen LogP contribution is 2.23. The molecule has 2 aromatic rings. The van der Waals surface area contributed by atoms with Crippen molar-refractivity contribution in [3.63, 3.8) is 0 Å². The number of methoxy groups -OCH3 is 1. The molecule has 0 saturated carbocycles. The molecule has 0 atom stereocenters. The largest absolute Gasteiger partial charge is 0.497 e. The molecule has 0 fully saturated rings. The third-order valence-corrected chi connectivity index (χ3v) is 2.63. The van der Waals surface area contributed by atoms with E-state index in [1.165, 1.54) is 12.1 Å². The van der Waals surface area contributed by atoms with Gasteiger partial charge in [0, 0.05) is 0 Å². The van der Waals surface area contributed by atoms with Crippen LogP contribution < -0.4 is 4.74 Å². The molecular weight excluding hydrogens is 215 g/mol. The quantitative estimate of drug-likeness (QED) is 0.774. The molecule has 0 aromatic heterocycles. The summed E-state index contributed by atoms with van der Waals surface area (Å²) < 4.78 is 17.9. The first kappa shape index (κ1) is 11.4. The Morgan fingerprint density at radius 1 is 0.941 bits per heavy atom. The molecular formula is C15H13FO. The fraction of sp³-hybridized carbons (Fsp3) is 0.0667. The van der Waals surface area contributed by atoms with Crippen molar-refractivity contribution in [1.82, 2.24) is 0 Å². The van der Waals surface area contributed by atoms with Crippen molar-refractivity contribution in [1.29, 1.82) is 0 Å². The predicted molar refractivity (Wildman–Crippen MR) is 67.5 cm³/mol. The summed E-state index contributed by atoms with van der Waals surface area (Å²) >= 11 is 0. The van der Waals surface area contributed by atoms with Gasteiger partial charge in [0.2, 0.25) is 0 Å². The topological polar surface area (TPSA) is 9.23 Å². The molecule has 0 heterocycles. The van der Waals surface area contributed by atoms with Crippen LogP contribution >= 0.6 is 0 Å². The number of ether oxygens (including phenoxy) is 1. The highest BCUT2D eigenvalue weighted by molar-refractivity contribution is 5.78. The van der Waals surface area contributed by atoms with Crippen LogP contribution in [0.25, 0.3) is 5.57 Å². The molecule has 0 bridgehead atoms. The molecule has 0 unspecified atom stereocenters. The average Bonchev–Trinajstić information content (AvgIpc) is 2.39. The minimum Gasteiger partial charge on any atom is -0.497 e. The Bertz CT molecular complexity index is 512. The van der Waals surface area contributed by atoms with Gasteiger partial charge < -0.3 is 4.74 Å². The third kappa shape index (κ3) is 2.53. The molecule has 2 rings (SSSR count). The van der Waals surface area contributed by atoms with E-state index in [1.54, 1.807) is 19.2 Å². The van der Waals surface area contributed by atoms with Gasteiger partial charge in [0.25, 0.3) is 0 Å². The van der Waals surface area contributed by atoms with Crippen molar-refractivity contribution in [3.8, 4) is 5.75 Å². The molecule has 0 saturated heterocycles. The van der Waals surface area contributed by atoms with Crippen LogP contribution in [0.3, 0.4) is 0 Å². The molecule has 0 N–H and O–H groups in total. The fourth-order valence-electron chi connectivity index (χ4n) is 1.61. The smallest absolute Gasteiger partial charge is 0.123 e. The van der Waals surface area contributed by atoms with E-state index in [-0.39, 0.29) is 5.82 Å². The number of halogens is 1. The van der Waals surface area contributed by atoms with Gasteiger partial charge in [-0.3, -0.25) is 0 Å². The van der Waals surface area contributed by atoms with E-state index < -0.39 is 0 Å². The maximum atomic E-state index is 12.8. The SMILES string of the molecule is C=C(c1ccc(F)cc1)c1ccc(OC)cc1. The second-order valence-corrected chi connectivity index (χ2v) is 3.71. The lowest BCUT2D eigenvalue weighted by atomic mass is 10.00. The van der Waals surface area contributed by atoms with Crippen LogP contribution in [0.1, 0.15) is 11.1 Å². The predicted octanol–water partition coefficient (Wildman–Crippen LogP) is 3.90. The van der Waals surface area contributed by atoms with Crippen LogP contribution in [0.2, 0.25) is 0 Å². The Labute approximate surface area is 100 Å². The highest BCUT2D eigenvalue weighted by Gasteiger charge is 2.02. The lowest BCUT2D eigenvalue weighted by Crippen LogP contribution is -1.88. The summed E-state index contributed by atoms with van der Waals surface area (Å²) in [5, 5.41) is 0. The van der Waals surface area contributed by atoms with Gasteiger partial charge in [-0.2, -0.15) is 0 Å². The molecule has 0 aliphatic rings. The van der Waals surface area contributed by atoms with Crippen molar-refractivity contribution < 1.29 is 9.13 Å². The van der Waals surface area contributed by atoms with Crippen LogP contribution in [-0.2, 0) is 0 Å². The van der Waals surface area contributed by atoms with Crippen molar-refractivity contribution >= 4 is 5.57 Å². The molecule has 86 valence electrons. The lowest BCUT2D eigenvalue weighted by Gasteiger charge is -2.07. The Hall–Kier alpha value is -2.09. The summed E-state index contributed by atoms with van der Waals surface area (Å²) in [5.74, 6) is 0.567. The van der Waals surface area contributed by atoms with Crippen LogP contribution in [0, 0.1) is 5.82 Å². The molecule has 1 nitrogen and oxygen atoms in total. The maximum absolute atomic E-state index is 12.8. The first-order valence-electron chi connectivity index (χ1n) is 5.30. The first-order chi connectivity index (χ1) is 8.20. The Kier molecular flexibility index (Phi) is 3.24. The van der Waals surface area contributed by atoms with Crippen molar-refractivity contribution in [2.24, 2.45) is 0 Å². The zero-order valence-corrected chi connectivity index (χ0v) is 9.61. The zero-order chi connectivity index (χ0) is 12.3. The van der Waals surface area contributed by atoms with Gasteiger partial charge in [-0.15, -0.1) is 0 Å². The van der Waals surface area contributed by atoms with Gasteiger partial charge in [0.1, 0.15) is 11.6 Å². The minimum atomic E-state index is -0.240. The molecule has 2 heteroatoms. The molecule has 2 aromatic carbocycles. The number of rotatable bonds is 3. The Morgan fingerprint density at radius 2 is 1.41 bits per heavy atom. The van der Waals surface area contributed by atoms with Gasteiger partial charge >= 0.3 is 0 Å². The van der Waals surface area contributed by atoms with Gasteiger partial charge in [-0.1, -0.05) is 30.8 Å². The van der Waals surface area contributed by atoms with Gasteiger partial charge in [-0.05, 0) is 41.0 Å². The van der Waals surface area contributed by atoms with Gasteiger partial charge in [0.15, 0.2) is 0 Å². The fourth-order valence-corrected chi connectivity index (χ4v) is 1.61. The van der Waals surface area contributed by atoms with E-state index in [4.69, 9.17) is 4.74 Å². The van der Waals surface area contributed by atoms with Crippen LogP contribution in [0.15, 0.2) is 55.1 Å². The first-order valence-corrected chi connectivity index (χ1v) is 5.30. The van der Waals surface area contributed by atoms with Crippen LogP contribution in [0.4, 0.5) is 4.39 Å². The average molecular weight is 228 g/mol. The summed E-state index contributed by atoms with van der Waals surface area (Å²) in [6, 6.07) is 13.9. The van der Waals surface area contributed by atoms with Crippen molar-refractivity contribution in [3.05, 3.63) is 72.1 Å². The number of hydrogen-bond acceptors (Lipinski definition) is 1. The van der Waals surface area contributed by atoms with E-state index in [9.17, 15) is 4.39 Å². The van der Waals surface area contributed by atoms with E-state index in [0.29, 0.717) is 0 Å². The lowest BCUT2D eigenvalue weighted by molar-refractivity contribution is 0.415. The Balaban J connectivity index is 2.27. The summed E-state index contributed by atoms with van der Waals surface area (Å²) in [6.07, 6.45) is 0. The van der Waals surface area contributed by atoms with E-state index in [0.717, 1.165) is 22.4 Å². The van der Waals surface area contributed by atoms with Crippen molar-refractivity contribution in [2.75, 3.05) is 7.11 Å². The monoisotopic (exact) mass is 228 g/mol. The van der Waals surface area contributed by atoms with Gasteiger partial charge in [0.05, 0.1) is 7.11 Å². The van der Waals surface area contributed by atoms with Crippen LogP contribution in [-0.4, -0.2) is 7.11 Å². The normalized spacial score (nSPS) is 10.0. The molecule has 0 aliphatic carbocycles. The van der Waals surface area contributed by atoms with E-state index in [2.05, 4.69) is 6.58 Å². The van der Waals surface area contributed by atoms with Crippen LogP contribution in [0.5, 0.6) is 5.75 Å². The Morgan fingerprint density at radius 3 is 1.88 bits per heavy atom. The minimum absolute atomic E-state index is 0.240. The van der Waals surface area contributed by atoms with Crippen molar-refractivity contribution in [2.45, 2.75) is 0 Å². The van der Waals surface area contributed by atoms with E-state index in [1.807, 2.05) is 24.3 Å². The number of hydrogen-bond donors (Lipinski definition) is 0. The summed E-state index contributed by atoms with van der Waals surface area (Å²) in [4.78, 5) is 0. The third-order valence-electron chi connectivity index (χ3n) is 2.63. The second kappa shape index (κ2) is 4.83.